The van der Waals surface area contributed by atoms with Crippen LogP contribution < -0.4 is 0 Å². The first-order chi connectivity index (χ1) is 6.80. The highest BCUT2D eigenvalue weighted by atomic mass is 16.3. The Morgan fingerprint density at radius 1 is 1.36 bits per heavy atom. The lowest BCUT2D eigenvalue weighted by molar-refractivity contribution is 0.255. The first-order valence-corrected chi connectivity index (χ1v) is 5.51. The minimum atomic E-state index is 0.129. The fourth-order valence-electron chi connectivity index (χ4n) is 2.03. The van der Waals surface area contributed by atoms with Gasteiger partial charge in [0.2, 0.25) is 0 Å². The molecule has 0 heterocycles. The molecule has 2 rings (SSSR count). The second-order valence-electron chi connectivity index (χ2n) is 4.39. The van der Waals surface area contributed by atoms with E-state index in [1.54, 1.807) is 0 Å². The Morgan fingerprint density at radius 2 is 2.14 bits per heavy atom. The minimum absolute atomic E-state index is 0.129. The topological polar surface area (TPSA) is 20.2 Å². The number of aryl methyl sites for hydroxylation is 1. The van der Waals surface area contributed by atoms with Crippen LogP contribution in [-0.2, 0) is 11.8 Å². The van der Waals surface area contributed by atoms with Gasteiger partial charge in [0.1, 0.15) is 0 Å². The standard InChI is InChI=1S/C13H18O/c1-2-4-11-5-3-6-12(9-11)13(10-14)7-8-13/h3,5-6,9,14H,2,4,7-8,10H2,1H3. The maximum atomic E-state index is 9.33. The van der Waals surface area contributed by atoms with Gasteiger partial charge in [-0.3, -0.25) is 0 Å². The smallest absolute Gasteiger partial charge is 0.0527 e. The van der Waals surface area contributed by atoms with Crippen molar-refractivity contribution < 1.29 is 5.11 Å². The predicted molar refractivity (Wildman–Crippen MR) is 58.4 cm³/mol. The molecule has 1 nitrogen and oxygen atoms in total. The molecule has 1 saturated carbocycles. The van der Waals surface area contributed by atoms with E-state index in [2.05, 4.69) is 31.2 Å². The van der Waals surface area contributed by atoms with E-state index in [4.69, 9.17) is 0 Å². The van der Waals surface area contributed by atoms with Gasteiger partial charge in [0.05, 0.1) is 6.61 Å². The Balaban J connectivity index is 2.22. The summed E-state index contributed by atoms with van der Waals surface area (Å²) in [4.78, 5) is 0. The zero-order valence-electron chi connectivity index (χ0n) is 8.79. The Hall–Kier alpha value is -0.820. The minimum Gasteiger partial charge on any atom is -0.395 e. The largest absolute Gasteiger partial charge is 0.395 e. The van der Waals surface area contributed by atoms with Crippen molar-refractivity contribution in [1.29, 1.82) is 0 Å². The van der Waals surface area contributed by atoms with Crippen LogP contribution in [0.5, 0.6) is 0 Å². The lowest BCUT2D eigenvalue weighted by atomic mass is 9.94. The lowest BCUT2D eigenvalue weighted by Crippen LogP contribution is -2.11. The summed E-state index contributed by atoms with van der Waals surface area (Å²) in [5.74, 6) is 0. The van der Waals surface area contributed by atoms with Crippen LogP contribution in [0.1, 0.15) is 37.3 Å². The molecule has 0 radical (unpaired) electrons. The summed E-state index contributed by atoms with van der Waals surface area (Å²) in [5.41, 5.74) is 2.87. The van der Waals surface area contributed by atoms with E-state index in [1.165, 1.54) is 17.5 Å². The van der Waals surface area contributed by atoms with E-state index in [0.29, 0.717) is 6.61 Å². The van der Waals surface area contributed by atoms with Gasteiger partial charge in [0, 0.05) is 5.41 Å². The lowest BCUT2D eigenvalue weighted by Gasteiger charge is -2.13. The fraction of sp³-hybridized carbons (Fsp3) is 0.538. The second-order valence-corrected chi connectivity index (χ2v) is 4.39. The molecule has 1 N–H and O–H groups in total. The van der Waals surface area contributed by atoms with Crippen molar-refractivity contribution in [3.63, 3.8) is 0 Å². The highest BCUT2D eigenvalue weighted by molar-refractivity contribution is 5.34. The molecule has 0 amide bonds. The molecule has 1 aromatic rings. The van der Waals surface area contributed by atoms with Gasteiger partial charge < -0.3 is 5.11 Å². The number of benzene rings is 1. The van der Waals surface area contributed by atoms with E-state index in [9.17, 15) is 5.11 Å². The summed E-state index contributed by atoms with van der Waals surface area (Å²) < 4.78 is 0. The molecule has 0 atom stereocenters. The molecule has 0 bridgehead atoms. The Kier molecular flexibility index (Phi) is 2.60. The number of hydrogen-bond acceptors (Lipinski definition) is 1. The van der Waals surface area contributed by atoms with Crippen molar-refractivity contribution in [2.75, 3.05) is 6.61 Å². The number of hydrogen-bond donors (Lipinski definition) is 1. The van der Waals surface area contributed by atoms with Crippen molar-refractivity contribution >= 4 is 0 Å². The van der Waals surface area contributed by atoms with Crippen LogP contribution in [0.25, 0.3) is 0 Å². The normalized spacial score (nSPS) is 18.1. The Bertz CT molecular complexity index is 313. The van der Waals surface area contributed by atoms with Gasteiger partial charge in [0.25, 0.3) is 0 Å². The number of rotatable bonds is 4. The van der Waals surface area contributed by atoms with Crippen molar-refractivity contribution in [2.24, 2.45) is 0 Å². The zero-order chi connectivity index (χ0) is 10.0. The van der Waals surface area contributed by atoms with Crippen LogP contribution in [0.2, 0.25) is 0 Å². The van der Waals surface area contributed by atoms with Crippen molar-refractivity contribution in [3.8, 4) is 0 Å². The third-order valence-electron chi connectivity index (χ3n) is 3.23. The van der Waals surface area contributed by atoms with Crippen molar-refractivity contribution in [2.45, 2.75) is 38.0 Å². The van der Waals surface area contributed by atoms with Gasteiger partial charge in [-0.2, -0.15) is 0 Å². The molecule has 14 heavy (non-hydrogen) atoms. The zero-order valence-corrected chi connectivity index (χ0v) is 8.79. The molecule has 1 aromatic carbocycles. The monoisotopic (exact) mass is 190 g/mol. The van der Waals surface area contributed by atoms with Gasteiger partial charge in [-0.25, -0.2) is 0 Å². The molecule has 0 aromatic heterocycles. The quantitative estimate of drug-likeness (QED) is 0.774. The maximum absolute atomic E-state index is 9.33. The van der Waals surface area contributed by atoms with Crippen LogP contribution in [0.4, 0.5) is 0 Å². The van der Waals surface area contributed by atoms with Crippen LogP contribution in [-0.4, -0.2) is 11.7 Å². The van der Waals surface area contributed by atoms with Crippen LogP contribution >= 0.6 is 0 Å². The SMILES string of the molecule is CCCc1cccc(C2(CO)CC2)c1. The fourth-order valence-corrected chi connectivity index (χ4v) is 2.03. The first kappa shape index (κ1) is 9.72. The summed E-state index contributed by atoms with van der Waals surface area (Å²) in [5, 5.41) is 9.33. The van der Waals surface area contributed by atoms with E-state index >= 15 is 0 Å². The average molecular weight is 190 g/mol. The Labute approximate surface area is 85.8 Å². The van der Waals surface area contributed by atoms with Gasteiger partial charge in [-0.05, 0) is 30.4 Å². The predicted octanol–water partition coefficient (Wildman–Crippen LogP) is 2.66. The Morgan fingerprint density at radius 3 is 2.71 bits per heavy atom. The van der Waals surface area contributed by atoms with E-state index < -0.39 is 0 Å². The van der Waals surface area contributed by atoms with E-state index in [1.807, 2.05) is 0 Å². The average Bonchev–Trinajstić information content (AvgIpc) is 2.99. The van der Waals surface area contributed by atoms with E-state index in [-0.39, 0.29) is 5.41 Å². The molecular formula is C13H18O. The third-order valence-corrected chi connectivity index (χ3v) is 3.23. The van der Waals surface area contributed by atoms with Crippen molar-refractivity contribution in [1.82, 2.24) is 0 Å². The van der Waals surface area contributed by atoms with Crippen LogP contribution in [0, 0.1) is 0 Å². The molecule has 0 spiro atoms. The summed E-state index contributed by atoms with van der Waals surface area (Å²) in [6, 6.07) is 8.73. The van der Waals surface area contributed by atoms with E-state index in [0.717, 1.165) is 19.3 Å². The molecular weight excluding hydrogens is 172 g/mol. The van der Waals surface area contributed by atoms with Gasteiger partial charge in [-0.15, -0.1) is 0 Å². The van der Waals surface area contributed by atoms with Gasteiger partial charge in [0.15, 0.2) is 0 Å². The number of aliphatic hydroxyl groups excluding tert-OH is 1. The second kappa shape index (κ2) is 3.74. The van der Waals surface area contributed by atoms with Crippen LogP contribution in [0.3, 0.4) is 0 Å². The molecule has 0 unspecified atom stereocenters. The van der Waals surface area contributed by atoms with Crippen LogP contribution in [0.15, 0.2) is 24.3 Å². The number of aliphatic hydroxyl groups is 1. The molecule has 0 saturated heterocycles. The maximum Gasteiger partial charge on any atom is 0.0527 e. The molecule has 1 heteroatoms. The molecule has 1 aliphatic rings. The highest BCUT2D eigenvalue weighted by Crippen LogP contribution is 2.47. The summed E-state index contributed by atoms with van der Waals surface area (Å²) in [6.45, 7) is 2.51. The summed E-state index contributed by atoms with van der Waals surface area (Å²) in [7, 11) is 0. The molecule has 0 aliphatic heterocycles. The highest BCUT2D eigenvalue weighted by Gasteiger charge is 2.43. The van der Waals surface area contributed by atoms with Gasteiger partial charge >= 0.3 is 0 Å². The molecule has 1 fully saturated rings. The molecule has 76 valence electrons. The summed E-state index contributed by atoms with van der Waals surface area (Å²) in [6.07, 6.45) is 4.64. The third kappa shape index (κ3) is 1.69. The van der Waals surface area contributed by atoms with Crippen molar-refractivity contribution in [3.05, 3.63) is 35.4 Å². The molecule has 1 aliphatic carbocycles. The first-order valence-electron chi connectivity index (χ1n) is 5.51. The van der Waals surface area contributed by atoms with Gasteiger partial charge in [-0.1, -0.05) is 37.6 Å². The summed E-state index contributed by atoms with van der Waals surface area (Å²) >= 11 is 0.